The van der Waals surface area contributed by atoms with E-state index in [-0.39, 0.29) is 43.1 Å². The summed E-state index contributed by atoms with van der Waals surface area (Å²) >= 11 is 0. The van der Waals surface area contributed by atoms with Crippen LogP contribution in [0.5, 0.6) is 11.5 Å². The molecule has 0 aliphatic heterocycles. The lowest BCUT2D eigenvalue weighted by Gasteiger charge is -2.40. The van der Waals surface area contributed by atoms with Gasteiger partial charge < -0.3 is 18.9 Å². The zero-order valence-electron chi connectivity index (χ0n) is 34.1. The van der Waals surface area contributed by atoms with E-state index in [0.29, 0.717) is 23.3 Å². The predicted octanol–water partition coefficient (Wildman–Crippen LogP) is 13.1. The van der Waals surface area contributed by atoms with Gasteiger partial charge in [0.1, 0.15) is 5.75 Å². The van der Waals surface area contributed by atoms with Crippen LogP contribution in [0.3, 0.4) is 0 Å². The van der Waals surface area contributed by atoms with Gasteiger partial charge in [-0.05, 0) is 99.0 Å². The molecule has 0 heterocycles. The normalized spacial score (nSPS) is 13.6. The Labute approximate surface area is 360 Å². The van der Waals surface area contributed by atoms with Gasteiger partial charge in [-0.15, -0.1) is 0 Å². The summed E-state index contributed by atoms with van der Waals surface area (Å²) in [6.07, 6.45) is -3.55. The largest absolute Gasteiger partial charge is 0.494 e. The minimum absolute atomic E-state index is 0.0212. The molecule has 65 heavy (non-hydrogen) atoms. The third-order valence-corrected chi connectivity index (χ3v) is 9.58. The van der Waals surface area contributed by atoms with Gasteiger partial charge in [-0.2, -0.15) is 65.9 Å². The summed E-state index contributed by atoms with van der Waals surface area (Å²) in [7, 11) is 0. The first-order valence-electron chi connectivity index (χ1n) is 19.5. The Morgan fingerprint density at radius 2 is 1.05 bits per heavy atom. The summed E-state index contributed by atoms with van der Waals surface area (Å²) < 4.78 is 234. The van der Waals surface area contributed by atoms with Crippen molar-refractivity contribution in [1.29, 1.82) is 0 Å². The summed E-state index contributed by atoms with van der Waals surface area (Å²) in [4.78, 5) is 36.6. The van der Waals surface area contributed by atoms with Crippen LogP contribution in [-0.4, -0.2) is 78.9 Å². The number of rotatable bonds is 24. The van der Waals surface area contributed by atoms with E-state index < -0.39 is 84.2 Å². The molecular formula is C42H40F16O7. The van der Waals surface area contributed by atoms with Crippen LogP contribution in [-0.2, 0) is 14.3 Å². The highest BCUT2D eigenvalue weighted by molar-refractivity contribution is 5.92. The van der Waals surface area contributed by atoms with E-state index in [1.165, 1.54) is 18.2 Å². The second-order valence-electron chi connectivity index (χ2n) is 14.5. The van der Waals surface area contributed by atoms with Crippen LogP contribution in [0.1, 0.15) is 92.4 Å². The van der Waals surface area contributed by atoms with Crippen molar-refractivity contribution in [3.8, 4) is 22.6 Å². The highest BCUT2D eigenvalue weighted by Gasteiger charge is 2.94. The van der Waals surface area contributed by atoms with E-state index in [9.17, 15) is 84.6 Å². The van der Waals surface area contributed by atoms with Gasteiger partial charge in [-0.3, -0.25) is 0 Å². The maximum absolute atomic E-state index is 14.8. The fraction of sp³-hybridized carbons (Fsp3) is 0.500. The molecule has 1 atom stereocenters. The minimum Gasteiger partial charge on any atom is -0.494 e. The fourth-order valence-corrected chi connectivity index (χ4v) is 5.68. The lowest BCUT2D eigenvalue weighted by molar-refractivity contribution is -0.450. The van der Waals surface area contributed by atoms with Gasteiger partial charge in [-0.25, -0.2) is 18.8 Å². The molecule has 3 rings (SSSR count). The Bertz CT molecular complexity index is 2050. The Hall–Kier alpha value is -5.25. The van der Waals surface area contributed by atoms with Crippen LogP contribution >= 0.6 is 0 Å². The van der Waals surface area contributed by atoms with Gasteiger partial charge in [0.05, 0.1) is 30.4 Å². The molecule has 0 bridgehead atoms. The number of hydrogen-bond acceptors (Lipinski definition) is 7. The van der Waals surface area contributed by atoms with E-state index in [2.05, 4.69) is 11.7 Å². The minimum atomic E-state index is -8.50. The zero-order chi connectivity index (χ0) is 49.2. The number of ether oxygens (including phenoxy) is 4. The third-order valence-electron chi connectivity index (χ3n) is 9.58. The number of halogens is 16. The smallest absolute Gasteiger partial charge is 0.460 e. The van der Waals surface area contributed by atoms with Crippen molar-refractivity contribution in [2.45, 2.75) is 119 Å². The molecule has 0 N–H and O–H groups in total. The Morgan fingerprint density at radius 1 is 0.554 bits per heavy atom. The van der Waals surface area contributed by atoms with Gasteiger partial charge in [0.25, 0.3) is 0 Å². The molecule has 0 amide bonds. The van der Waals surface area contributed by atoms with Crippen LogP contribution in [0.25, 0.3) is 11.1 Å². The van der Waals surface area contributed by atoms with Crippen LogP contribution in [0.15, 0.2) is 66.7 Å². The quantitative estimate of drug-likeness (QED) is 0.0382. The van der Waals surface area contributed by atoms with E-state index in [1.54, 1.807) is 43.3 Å². The van der Waals surface area contributed by atoms with Crippen molar-refractivity contribution in [3.63, 3.8) is 0 Å². The highest BCUT2D eigenvalue weighted by atomic mass is 19.4. The van der Waals surface area contributed by atoms with Crippen molar-refractivity contribution in [2.24, 2.45) is 0 Å². The summed E-state index contributed by atoms with van der Waals surface area (Å²) in [6.45, 7) is 2.58. The molecule has 362 valence electrons. The Morgan fingerprint density at radius 3 is 1.58 bits per heavy atom. The van der Waals surface area contributed by atoms with Crippen molar-refractivity contribution in [1.82, 2.24) is 0 Å². The number of unbranched alkanes of at least 4 members (excludes halogenated alkanes) is 6. The maximum atomic E-state index is 14.8. The highest BCUT2D eigenvalue weighted by Crippen LogP contribution is 2.62. The first kappa shape index (κ1) is 54.1. The molecular weight excluding hydrogens is 920 g/mol. The molecule has 0 fully saturated rings. The second-order valence-corrected chi connectivity index (χ2v) is 14.5. The number of carbonyl (C=O) groups is 3. The summed E-state index contributed by atoms with van der Waals surface area (Å²) in [6, 6.07) is 15.8. The Balaban J connectivity index is 1.43. The van der Waals surface area contributed by atoms with E-state index in [0.717, 1.165) is 37.8 Å². The number of esters is 3. The van der Waals surface area contributed by atoms with Crippen molar-refractivity contribution >= 4 is 17.9 Å². The van der Waals surface area contributed by atoms with E-state index in [1.807, 2.05) is 0 Å². The van der Waals surface area contributed by atoms with Crippen LogP contribution in [0.2, 0.25) is 0 Å². The van der Waals surface area contributed by atoms with Gasteiger partial charge in [0, 0.05) is 0 Å². The first-order chi connectivity index (χ1) is 30.0. The number of carbonyl (C=O) groups excluding carboxylic acids is 3. The molecule has 0 aliphatic rings. The SMILES string of the molecule is CCCCCC[C@H](C)OC(=O)c1ccc(OC(=O)c2ccc(-c3ccc(OCCCCCCOC(=O)C(F)(F)C(F)(F)C(F)(F)C(F)(F)C(F)(F)C(F)(F)C(F)(F)F)cc3)cc2)c(F)c1. The molecule has 0 saturated carbocycles. The molecule has 3 aromatic rings. The molecule has 3 aromatic carbocycles. The molecule has 23 heteroatoms. The zero-order valence-corrected chi connectivity index (χ0v) is 34.1. The molecule has 7 nitrogen and oxygen atoms in total. The topological polar surface area (TPSA) is 88.1 Å². The average molecular weight is 961 g/mol. The monoisotopic (exact) mass is 960 g/mol. The molecule has 0 spiro atoms. The van der Waals surface area contributed by atoms with Crippen molar-refractivity contribution in [3.05, 3.63) is 83.7 Å². The van der Waals surface area contributed by atoms with Crippen molar-refractivity contribution in [2.75, 3.05) is 13.2 Å². The van der Waals surface area contributed by atoms with E-state index >= 15 is 0 Å². The van der Waals surface area contributed by atoms with Gasteiger partial charge in [-0.1, -0.05) is 50.5 Å². The van der Waals surface area contributed by atoms with Crippen LogP contribution < -0.4 is 9.47 Å². The summed E-state index contributed by atoms with van der Waals surface area (Å²) in [5, 5.41) is 0. The Kier molecular flexibility index (Phi) is 17.8. The average Bonchev–Trinajstić information content (AvgIpc) is 3.23. The van der Waals surface area contributed by atoms with Gasteiger partial charge in [0.2, 0.25) is 0 Å². The molecule has 0 unspecified atom stereocenters. The predicted molar refractivity (Wildman–Crippen MR) is 198 cm³/mol. The summed E-state index contributed by atoms with van der Waals surface area (Å²) in [5.41, 5.74) is 1.33. The molecule has 0 aromatic heterocycles. The number of alkyl halides is 15. The molecule has 0 radical (unpaired) electrons. The lowest BCUT2D eigenvalue weighted by Crippen LogP contribution is -2.73. The fourth-order valence-electron chi connectivity index (χ4n) is 5.68. The molecule has 0 saturated heterocycles. The second kappa shape index (κ2) is 21.4. The lowest BCUT2D eigenvalue weighted by atomic mass is 9.91. The first-order valence-corrected chi connectivity index (χ1v) is 19.5. The molecule has 0 aliphatic carbocycles. The third kappa shape index (κ3) is 12.2. The van der Waals surface area contributed by atoms with Gasteiger partial charge in [0.15, 0.2) is 11.6 Å². The number of benzene rings is 3. The maximum Gasteiger partial charge on any atom is 0.460 e. The summed E-state index contributed by atoms with van der Waals surface area (Å²) in [5.74, 6) is -54.8. The van der Waals surface area contributed by atoms with Crippen LogP contribution in [0.4, 0.5) is 70.2 Å². The van der Waals surface area contributed by atoms with Crippen LogP contribution in [0, 0.1) is 5.82 Å². The van der Waals surface area contributed by atoms with E-state index in [4.69, 9.17) is 14.2 Å². The van der Waals surface area contributed by atoms with Crippen molar-refractivity contribution < 1.29 is 104 Å². The number of hydrogen-bond donors (Lipinski definition) is 0. The van der Waals surface area contributed by atoms with Gasteiger partial charge >= 0.3 is 59.6 Å². The standard InChI is InChI=1S/C42H40F16O7/c1-3-4-5-8-11-25(2)64-34(60)29-18-21-32(31(43)24-29)65-33(59)28-14-12-26(13-15-28)27-16-19-30(20-17-27)62-22-9-6-7-10-23-63-35(61)36(44,45)37(46,47)38(48,49)39(50,51)40(52,53)41(54,55)42(56,57)58/h12-21,24-25H,3-11,22-23H2,1-2H3/t25-/m0/s1.